The third kappa shape index (κ3) is 3.15. The van der Waals surface area contributed by atoms with Gasteiger partial charge in [-0.15, -0.1) is 0 Å². The number of rotatable bonds is 3. The van der Waals surface area contributed by atoms with Gasteiger partial charge >= 0.3 is 6.08 Å². The number of hydrogen-bond donors (Lipinski definition) is 1. The van der Waals surface area contributed by atoms with Crippen molar-refractivity contribution >= 4 is 0 Å². The number of oxazole rings is 1. The summed E-state index contributed by atoms with van der Waals surface area (Å²) in [5.74, 6) is 0.735. The first kappa shape index (κ1) is 13.6. The molecule has 0 saturated heterocycles. The highest BCUT2D eigenvalue weighted by molar-refractivity contribution is 5.42. The van der Waals surface area contributed by atoms with Crippen LogP contribution in [-0.2, 0) is 12.0 Å². The second kappa shape index (κ2) is 5.05. The molecule has 0 aliphatic carbocycles. The number of ether oxygens (including phenoxy) is 1. The van der Waals surface area contributed by atoms with Gasteiger partial charge in [0.15, 0.2) is 0 Å². The summed E-state index contributed by atoms with van der Waals surface area (Å²) in [7, 11) is 0. The van der Waals surface area contributed by atoms with E-state index in [4.69, 9.17) is 14.3 Å². The van der Waals surface area contributed by atoms with Crippen molar-refractivity contribution in [3.05, 3.63) is 41.3 Å². The molecule has 0 aliphatic rings. The van der Waals surface area contributed by atoms with Gasteiger partial charge in [0.25, 0.3) is 0 Å². The summed E-state index contributed by atoms with van der Waals surface area (Å²) in [5, 5.41) is 8.97. The highest BCUT2D eigenvalue weighted by Crippen LogP contribution is 2.34. The number of benzene rings is 1. The molecular weight excluding hydrogens is 242 g/mol. The number of aliphatic hydroxyl groups excluding tert-OH is 1. The van der Waals surface area contributed by atoms with Gasteiger partial charge in [-0.05, 0) is 24.0 Å². The molecule has 0 amide bonds. The average Bonchev–Trinajstić information content (AvgIpc) is 2.75. The molecule has 0 aliphatic heterocycles. The molecule has 0 radical (unpaired) electrons. The lowest BCUT2D eigenvalue weighted by Crippen LogP contribution is -2.12. The lowest BCUT2D eigenvalue weighted by atomic mass is 9.86. The van der Waals surface area contributed by atoms with E-state index in [2.05, 4.69) is 37.9 Å². The minimum atomic E-state index is -0.160. The predicted octanol–water partition coefficient (Wildman–Crippen LogP) is 3.57. The molecule has 1 N–H and O–H groups in total. The van der Waals surface area contributed by atoms with Crippen molar-refractivity contribution in [1.29, 1.82) is 0 Å². The van der Waals surface area contributed by atoms with Gasteiger partial charge in [-0.1, -0.05) is 32.9 Å². The Labute approximate surface area is 113 Å². The second-order valence-corrected chi connectivity index (χ2v) is 5.61. The highest BCUT2D eigenvalue weighted by atomic mass is 16.6. The molecule has 4 nitrogen and oxygen atoms in total. The van der Waals surface area contributed by atoms with E-state index in [0.29, 0.717) is 5.69 Å². The molecule has 2 rings (SSSR count). The molecule has 0 bridgehead atoms. The Morgan fingerprint density at radius 2 is 2.05 bits per heavy atom. The fraction of sp³-hybridized carbons (Fsp3) is 0.400. The first-order valence-corrected chi connectivity index (χ1v) is 6.24. The van der Waals surface area contributed by atoms with E-state index in [0.717, 1.165) is 16.9 Å². The van der Waals surface area contributed by atoms with Crippen LogP contribution in [0.25, 0.3) is 0 Å². The summed E-state index contributed by atoms with van der Waals surface area (Å²) in [5.41, 5.74) is 2.62. The van der Waals surface area contributed by atoms with Crippen LogP contribution >= 0.6 is 0 Å². The first-order valence-electron chi connectivity index (χ1n) is 6.24. The van der Waals surface area contributed by atoms with E-state index in [-0.39, 0.29) is 18.1 Å². The van der Waals surface area contributed by atoms with Crippen LogP contribution in [0.3, 0.4) is 0 Å². The molecule has 0 atom stereocenters. The molecule has 2 aromatic rings. The van der Waals surface area contributed by atoms with E-state index in [9.17, 15) is 0 Å². The van der Waals surface area contributed by atoms with Gasteiger partial charge in [-0.2, -0.15) is 4.98 Å². The van der Waals surface area contributed by atoms with Crippen molar-refractivity contribution in [2.24, 2.45) is 0 Å². The molecule has 19 heavy (non-hydrogen) atoms. The maximum atomic E-state index is 8.97. The largest absolute Gasteiger partial charge is 0.417 e. The van der Waals surface area contributed by atoms with Crippen LogP contribution in [0.2, 0.25) is 0 Å². The van der Waals surface area contributed by atoms with Crippen LogP contribution in [-0.4, -0.2) is 10.1 Å². The molecule has 4 heteroatoms. The second-order valence-electron chi connectivity index (χ2n) is 5.61. The molecule has 1 aromatic carbocycles. The zero-order chi connectivity index (χ0) is 14.0. The van der Waals surface area contributed by atoms with E-state index < -0.39 is 0 Å². The third-order valence-electron chi connectivity index (χ3n) is 2.84. The molecule has 102 valence electrons. The van der Waals surface area contributed by atoms with Crippen molar-refractivity contribution in [1.82, 2.24) is 4.98 Å². The molecule has 0 saturated carbocycles. The Bertz CT molecular complexity index is 567. The van der Waals surface area contributed by atoms with Crippen LogP contribution < -0.4 is 4.74 Å². The Morgan fingerprint density at radius 1 is 1.32 bits per heavy atom. The Morgan fingerprint density at radius 3 is 2.63 bits per heavy atom. The van der Waals surface area contributed by atoms with Gasteiger partial charge < -0.3 is 14.3 Å². The molecular formula is C15H19NO3. The number of hydrogen-bond acceptors (Lipinski definition) is 4. The number of aliphatic hydroxyl groups is 1. The van der Waals surface area contributed by atoms with Gasteiger partial charge in [0.2, 0.25) is 0 Å². The Hall–Kier alpha value is -1.81. The SMILES string of the molecule is Cc1ccc(C(C)(C)C)c(Oc2nc(CO)co2)c1. The van der Waals surface area contributed by atoms with Crippen molar-refractivity contribution < 1.29 is 14.3 Å². The smallest absolute Gasteiger partial charge is 0.399 e. The normalized spacial score (nSPS) is 11.6. The van der Waals surface area contributed by atoms with Crippen LogP contribution in [0.15, 0.2) is 28.9 Å². The maximum Gasteiger partial charge on any atom is 0.399 e. The lowest BCUT2D eigenvalue weighted by Gasteiger charge is -2.22. The van der Waals surface area contributed by atoms with Gasteiger partial charge in [0.05, 0.1) is 6.61 Å². The fourth-order valence-electron chi connectivity index (χ4n) is 1.84. The summed E-state index contributed by atoms with van der Waals surface area (Å²) >= 11 is 0. The quantitative estimate of drug-likeness (QED) is 0.917. The van der Waals surface area contributed by atoms with Crippen LogP contribution in [0.5, 0.6) is 11.8 Å². The Balaban J connectivity index is 2.35. The number of nitrogens with zero attached hydrogens (tertiary/aromatic N) is 1. The van der Waals surface area contributed by atoms with Gasteiger partial charge in [0.1, 0.15) is 17.7 Å². The molecule has 0 spiro atoms. The molecule has 1 heterocycles. The first-order chi connectivity index (χ1) is 8.90. The zero-order valence-electron chi connectivity index (χ0n) is 11.7. The van der Waals surface area contributed by atoms with Gasteiger partial charge in [0, 0.05) is 5.56 Å². The van der Waals surface area contributed by atoms with Crippen LogP contribution in [0.1, 0.15) is 37.6 Å². The monoisotopic (exact) mass is 261 g/mol. The summed E-state index contributed by atoms with van der Waals surface area (Å²) in [6, 6.07) is 6.08. The summed E-state index contributed by atoms with van der Waals surface area (Å²) in [6.45, 7) is 8.22. The van der Waals surface area contributed by atoms with Crippen LogP contribution in [0.4, 0.5) is 0 Å². The van der Waals surface area contributed by atoms with Crippen LogP contribution in [0, 0.1) is 6.92 Å². The number of aromatic nitrogens is 1. The average molecular weight is 261 g/mol. The topological polar surface area (TPSA) is 55.5 Å². The standard InChI is InChI=1S/C15H19NO3/c1-10-5-6-12(15(2,3)4)13(7-10)19-14-16-11(8-17)9-18-14/h5-7,9,17H,8H2,1-4H3. The fourth-order valence-corrected chi connectivity index (χ4v) is 1.84. The minimum Gasteiger partial charge on any atom is -0.417 e. The van der Waals surface area contributed by atoms with Crippen molar-refractivity contribution in [2.45, 2.75) is 39.7 Å². The number of aryl methyl sites for hydroxylation is 1. The minimum absolute atomic E-state index is 0.0323. The van der Waals surface area contributed by atoms with Crippen molar-refractivity contribution in [3.8, 4) is 11.8 Å². The van der Waals surface area contributed by atoms with E-state index in [1.807, 2.05) is 13.0 Å². The van der Waals surface area contributed by atoms with Gasteiger partial charge in [-0.25, -0.2) is 0 Å². The van der Waals surface area contributed by atoms with E-state index >= 15 is 0 Å². The molecule has 0 fully saturated rings. The van der Waals surface area contributed by atoms with E-state index in [1.54, 1.807) is 0 Å². The molecule has 0 unspecified atom stereocenters. The maximum absolute atomic E-state index is 8.97. The summed E-state index contributed by atoms with van der Waals surface area (Å²) < 4.78 is 10.9. The zero-order valence-corrected chi connectivity index (χ0v) is 11.7. The summed E-state index contributed by atoms with van der Waals surface area (Å²) in [6.07, 6.45) is 1.54. The van der Waals surface area contributed by atoms with Crippen molar-refractivity contribution in [2.75, 3.05) is 0 Å². The Kier molecular flexibility index (Phi) is 3.62. The highest BCUT2D eigenvalue weighted by Gasteiger charge is 2.20. The summed E-state index contributed by atoms with van der Waals surface area (Å²) in [4.78, 5) is 4.04. The van der Waals surface area contributed by atoms with Gasteiger partial charge in [-0.3, -0.25) is 0 Å². The third-order valence-corrected chi connectivity index (χ3v) is 2.84. The molecule has 1 aromatic heterocycles. The van der Waals surface area contributed by atoms with Crippen molar-refractivity contribution in [3.63, 3.8) is 0 Å². The van der Waals surface area contributed by atoms with E-state index in [1.165, 1.54) is 6.26 Å². The predicted molar refractivity (Wildman–Crippen MR) is 72.4 cm³/mol. The lowest BCUT2D eigenvalue weighted by molar-refractivity contribution is 0.276.